The molecule has 2 aromatic rings. The smallest absolute Gasteiger partial charge is 0.387 e. The molecule has 0 saturated heterocycles. The van der Waals surface area contributed by atoms with Crippen molar-refractivity contribution in [2.45, 2.75) is 32.3 Å². The van der Waals surface area contributed by atoms with Crippen molar-refractivity contribution >= 4 is 11.6 Å². The van der Waals surface area contributed by atoms with Gasteiger partial charge in [0.05, 0.1) is 5.02 Å². The third kappa shape index (κ3) is 2.61. The number of alkyl halides is 2. The number of nitrogens with one attached hydrogen (secondary N) is 1. The molecule has 1 aliphatic rings. The molecule has 0 fully saturated rings. The first-order valence-electron chi connectivity index (χ1n) is 6.74. The van der Waals surface area contributed by atoms with Crippen LogP contribution in [0.15, 0.2) is 16.9 Å². The van der Waals surface area contributed by atoms with Gasteiger partial charge in [-0.25, -0.2) is 9.07 Å². The lowest BCUT2D eigenvalue weighted by Crippen LogP contribution is -2.19. The van der Waals surface area contributed by atoms with Crippen molar-refractivity contribution in [2.24, 2.45) is 0 Å². The molecule has 1 heterocycles. The Balaban J connectivity index is 2.12. The standard InChI is InChI=1S/C14H12ClF3N2O2/c15-8-5-9(16)11(6-12(8)22-14(17)18)20-13(21)7-3-1-2-4-10(7)19-20/h5-6,14,19H,1-4H2. The average molecular weight is 333 g/mol. The molecule has 1 aromatic heterocycles. The Morgan fingerprint density at radius 3 is 2.68 bits per heavy atom. The van der Waals surface area contributed by atoms with Crippen molar-refractivity contribution in [1.29, 1.82) is 0 Å². The molecule has 0 bridgehead atoms. The topological polar surface area (TPSA) is 47.0 Å². The Kier molecular flexibility index (Phi) is 3.90. The van der Waals surface area contributed by atoms with E-state index in [1.807, 2.05) is 0 Å². The second-order valence-electron chi connectivity index (χ2n) is 5.03. The van der Waals surface area contributed by atoms with Crippen molar-refractivity contribution in [3.63, 3.8) is 0 Å². The van der Waals surface area contributed by atoms with Crippen LogP contribution in [-0.2, 0) is 12.8 Å². The molecule has 0 radical (unpaired) electrons. The third-order valence-corrected chi connectivity index (χ3v) is 3.93. The van der Waals surface area contributed by atoms with Gasteiger partial charge in [0.15, 0.2) is 5.82 Å². The summed E-state index contributed by atoms with van der Waals surface area (Å²) in [6.07, 6.45) is 3.15. The number of hydrogen-bond donors (Lipinski definition) is 1. The molecule has 118 valence electrons. The van der Waals surface area contributed by atoms with Crippen LogP contribution in [0.25, 0.3) is 5.69 Å². The van der Waals surface area contributed by atoms with Crippen LogP contribution in [-0.4, -0.2) is 16.4 Å². The third-order valence-electron chi connectivity index (χ3n) is 3.63. The number of H-pyrrole nitrogens is 1. The number of hydrogen-bond acceptors (Lipinski definition) is 2. The Morgan fingerprint density at radius 2 is 2.00 bits per heavy atom. The Bertz CT molecular complexity index is 770. The summed E-state index contributed by atoms with van der Waals surface area (Å²) in [5.74, 6) is -1.18. The maximum Gasteiger partial charge on any atom is 0.387 e. The number of halogens is 4. The van der Waals surface area contributed by atoms with Gasteiger partial charge in [0.25, 0.3) is 5.56 Å². The lowest BCUT2D eigenvalue weighted by Gasteiger charge is -2.10. The first-order chi connectivity index (χ1) is 10.5. The van der Waals surface area contributed by atoms with Gasteiger partial charge in [-0.3, -0.25) is 9.89 Å². The Labute approximate surface area is 128 Å². The van der Waals surface area contributed by atoms with Crippen molar-refractivity contribution in [1.82, 2.24) is 9.78 Å². The van der Waals surface area contributed by atoms with E-state index < -0.39 is 12.4 Å². The number of rotatable bonds is 3. The molecule has 0 amide bonds. The number of ether oxygens (including phenoxy) is 1. The molecule has 1 aromatic carbocycles. The monoisotopic (exact) mass is 332 g/mol. The van der Waals surface area contributed by atoms with Gasteiger partial charge in [-0.2, -0.15) is 8.78 Å². The van der Waals surface area contributed by atoms with Crippen LogP contribution >= 0.6 is 11.6 Å². The first kappa shape index (κ1) is 15.0. The van der Waals surface area contributed by atoms with E-state index in [0.29, 0.717) is 18.4 Å². The molecule has 0 unspecified atom stereocenters. The Morgan fingerprint density at radius 1 is 1.27 bits per heavy atom. The normalized spacial score (nSPS) is 14.2. The molecule has 8 heteroatoms. The number of aryl methyl sites for hydroxylation is 1. The van der Waals surface area contributed by atoms with Gasteiger partial charge in [-0.05, 0) is 31.7 Å². The van der Waals surface area contributed by atoms with Crippen molar-refractivity contribution in [3.8, 4) is 11.4 Å². The van der Waals surface area contributed by atoms with Gasteiger partial charge < -0.3 is 4.74 Å². The first-order valence-corrected chi connectivity index (χ1v) is 7.12. The fourth-order valence-corrected chi connectivity index (χ4v) is 2.83. The highest BCUT2D eigenvalue weighted by Crippen LogP contribution is 2.30. The summed E-state index contributed by atoms with van der Waals surface area (Å²) in [4.78, 5) is 12.3. The minimum atomic E-state index is -3.09. The molecule has 22 heavy (non-hydrogen) atoms. The van der Waals surface area contributed by atoms with Gasteiger partial charge in [-0.15, -0.1) is 0 Å². The molecule has 1 N–H and O–H groups in total. The van der Waals surface area contributed by atoms with Crippen molar-refractivity contribution < 1.29 is 17.9 Å². The van der Waals surface area contributed by atoms with Gasteiger partial charge in [0.1, 0.15) is 11.4 Å². The number of nitrogens with zero attached hydrogens (tertiary/aromatic N) is 1. The van der Waals surface area contributed by atoms with Gasteiger partial charge in [0, 0.05) is 17.3 Å². The predicted octanol–water partition coefficient (Wildman–Crippen LogP) is 3.44. The summed E-state index contributed by atoms with van der Waals surface area (Å²) in [5, 5.41) is 2.55. The molecule has 4 nitrogen and oxygen atoms in total. The van der Waals surface area contributed by atoms with E-state index in [0.717, 1.165) is 35.4 Å². The molecule has 0 saturated carbocycles. The minimum absolute atomic E-state index is 0.195. The zero-order chi connectivity index (χ0) is 15.9. The zero-order valence-electron chi connectivity index (χ0n) is 11.3. The van der Waals surface area contributed by atoms with E-state index in [1.54, 1.807) is 0 Å². The second-order valence-corrected chi connectivity index (χ2v) is 5.44. The van der Waals surface area contributed by atoms with Crippen LogP contribution in [0.2, 0.25) is 5.02 Å². The molecule has 0 aliphatic heterocycles. The number of aromatic nitrogens is 2. The SMILES string of the molecule is O=c1c2c([nH]n1-c1cc(OC(F)F)c(Cl)cc1F)CCCC2. The molecular formula is C14H12ClF3N2O2. The highest BCUT2D eigenvalue weighted by molar-refractivity contribution is 6.32. The van der Waals surface area contributed by atoms with E-state index in [-0.39, 0.29) is 22.0 Å². The summed E-state index contributed by atoms with van der Waals surface area (Å²) >= 11 is 5.68. The molecule has 0 atom stereocenters. The second kappa shape index (κ2) is 5.72. The lowest BCUT2D eigenvalue weighted by molar-refractivity contribution is -0.0498. The van der Waals surface area contributed by atoms with E-state index in [9.17, 15) is 18.0 Å². The van der Waals surface area contributed by atoms with Crippen LogP contribution in [0.1, 0.15) is 24.1 Å². The molecule has 0 spiro atoms. The summed E-state index contributed by atoms with van der Waals surface area (Å²) in [5.41, 5.74) is 0.789. The average Bonchev–Trinajstić information content (AvgIpc) is 2.79. The summed E-state index contributed by atoms with van der Waals surface area (Å²) < 4.78 is 44.0. The van der Waals surface area contributed by atoms with Gasteiger partial charge in [0.2, 0.25) is 0 Å². The Hall–Kier alpha value is -1.89. The largest absolute Gasteiger partial charge is 0.433 e. The molecule has 3 rings (SSSR count). The molecular weight excluding hydrogens is 321 g/mol. The van der Waals surface area contributed by atoms with E-state index in [2.05, 4.69) is 9.84 Å². The number of fused-ring (bicyclic) bond motifs is 1. The fourth-order valence-electron chi connectivity index (χ4n) is 2.63. The van der Waals surface area contributed by atoms with Gasteiger partial charge >= 0.3 is 6.61 Å². The van der Waals surface area contributed by atoms with Crippen molar-refractivity contribution in [3.05, 3.63) is 44.6 Å². The van der Waals surface area contributed by atoms with Crippen LogP contribution in [0, 0.1) is 5.82 Å². The maximum atomic E-state index is 14.1. The van der Waals surface area contributed by atoms with Crippen molar-refractivity contribution in [2.75, 3.05) is 0 Å². The number of aromatic amines is 1. The number of benzene rings is 1. The van der Waals surface area contributed by atoms with Crippen LogP contribution in [0.5, 0.6) is 5.75 Å². The lowest BCUT2D eigenvalue weighted by atomic mass is 9.98. The quantitative estimate of drug-likeness (QED) is 0.936. The highest BCUT2D eigenvalue weighted by atomic mass is 35.5. The van der Waals surface area contributed by atoms with E-state index in [1.165, 1.54) is 0 Å². The highest BCUT2D eigenvalue weighted by Gasteiger charge is 2.21. The minimum Gasteiger partial charge on any atom is -0.433 e. The van der Waals surface area contributed by atoms with Crippen LogP contribution in [0.4, 0.5) is 13.2 Å². The van der Waals surface area contributed by atoms with Gasteiger partial charge in [-0.1, -0.05) is 11.6 Å². The fraction of sp³-hybridized carbons (Fsp3) is 0.357. The van der Waals surface area contributed by atoms with Crippen LogP contribution < -0.4 is 10.3 Å². The zero-order valence-corrected chi connectivity index (χ0v) is 12.1. The predicted molar refractivity (Wildman–Crippen MR) is 74.6 cm³/mol. The summed E-state index contributed by atoms with van der Waals surface area (Å²) in [6, 6.07) is 1.84. The molecule has 1 aliphatic carbocycles. The summed E-state index contributed by atoms with van der Waals surface area (Å²) in [6.45, 7) is -3.09. The summed E-state index contributed by atoms with van der Waals surface area (Å²) in [7, 11) is 0. The van der Waals surface area contributed by atoms with E-state index >= 15 is 0 Å². The maximum absolute atomic E-state index is 14.1. The van der Waals surface area contributed by atoms with Crippen LogP contribution in [0.3, 0.4) is 0 Å². The van der Waals surface area contributed by atoms with E-state index in [4.69, 9.17) is 11.6 Å².